The van der Waals surface area contributed by atoms with Crippen LogP contribution in [0.1, 0.15) is 59.3 Å². The minimum Gasteiger partial charge on any atom is -0.478 e. The van der Waals surface area contributed by atoms with Crippen molar-refractivity contribution in [2.45, 2.75) is 71.4 Å². The van der Waals surface area contributed by atoms with Gasteiger partial charge in [-0.3, -0.25) is 4.79 Å². The van der Waals surface area contributed by atoms with Crippen LogP contribution in [-0.4, -0.2) is 84.0 Å². The lowest BCUT2D eigenvalue weighted by atomic mass is 9.84. The summed E-state index contributed by atoms with van der Waals surface area (Å²) in [6.07, 6.45) is 7.40. The molecule has 3 aliphatic heterocycles. The van der Waals surface area contributed by atoms with Gasteiger partial charge in [-0.1, -0.05) is 20.8 Å². The lowest BCUT2D eigenvalue weighted by Crippen LogP contribution is -2.51. The largest absolute Gasteiger partial charge is 0.478 e. The summed E-state index contributed by atoms with van der Waals surface area (Å²) in [5.74, 6) is 2.37. The molecule has 10 nitrogen and oxygen atoms in total. The first-order valence-corrected chi connectivity index (χ1v) is 14.2. The standard InChI is InChI=1S/C28H45N7O3/c1-19(2)27(30)32-28(37)33-13-9-21(10-14-33)20(3)11-15-38-25-8-7-22(16-31-25)34-17-23(29)24(18-34)35-12-5-4-6-26(35)36/h7-8,16,19-21,23-24H,4-6,9-15,17-18,29H2,1-3H3,(H2,30,32,37). The molecular weight excluding hydrogens is 482 g/mol. The number of aromatic nitrogens is 1. The number of nitrogens with zero attached hydrogens (tertiary/aromatic N) is 5. The zero-order valence-corrected chi connectivity index (χ0v) is 23.2. The number of amides is 3. The Kier molecular flexibility index (Phi) is 9.46. The lowest BCUT2D eigenvalue weighted by molar-refractivity contribution is -0.135. The molecule has 0 saturated carbocycles. The van der Waals surface area contributed by atoms with Gasteiger partial charge in [-0.25, -0.2) is 9.78 Å². The highest BCUT2D eigenvalue weighted by Crippen LogP contribution is 2.28. The van der Waals surface area contributed by atoms with Gasteiger partial charge in [-0.05, 0) is 50.0 Å². The van der Waals surface area contributed by atoms with Gasteiger partial charge in [-0.2, -0.15) is 4.99 Å². The van der Waals surface area contributed by atoms with Crippen LogP contribution in [0.3, 0.4) is 0 Å². The molecule has 0 aliphatic carbocycles. The number of urea groups is 1. The highest BCUT2D eigenvalue weighted by molar-refractivity contribution is 5.93. The van der Waals surface area contributed by atoms with E-state index in [-0.39, 0.29) is 29.9 Å². The molecule has 4 N–H and O–H groups in total. The quantitative estimate of drug-likeness (QED) is 0.393. The van der Waals surface area contributed by atoms with Gasteiger partial charge >= 0.3 is 6.03 Å². The molecular formula is C28H45N7O3. The molecule has 210 valence electrons. The van der Waals surface area contributed by atoms with Gasteiger partial charge in [0.15, 0.2) is 0 Å². The molecule has 3 unspecified atom stereocenters. The smallest absolute Gasteiger partial charge is 0.345 e. The summed E-state index contributed by atoms with van der Waals surface area (Å²) in [4.78, 5) is 39.3. The van der Waals surface area contributed by atoms with Crippen LogP contribution in [0.15, 0.2) is 23.3 Å². The molecule has 1 aromatic heterocycles. The summed E-state index contributed by atoms with van der Waals surface area (Å²) < 4.78 is 5.96. The van der Waals surface area contributed by atoms with Gasteiger partial charge in [0.25, 0.3) is 0 Å². The Labute approximate surface area is 226 Å². The summed E-state index contributed by atoms with van der Waals surface area (Å²) in [6.45, 7) is 10.5. The molecule has 10 heteroatoms. The average Bonchev–Trinajstić information content (AvgIpc) is 3.30. The van der Waals surface area contributed by atoms with Gasteiger partial charge in [-0.15, -0.1) is 0 Å². The van der Waals surface area contributed by atoms with Crippen LogP contribution < -0.4 is 21.1 Å². The Morgan fingerprint density at radius 1 is 1.16 bits per heavy atom. The number of amidine groups is 1. The number of anilines is 1. The van der Waals surface area contributed by atoms with Crippen molar-refractivity contribution >= 4 is 23.5 Å². The van der Waals surface area contributed by atoms with E-state index in [4.69, 9.17) is 16.2 Å². The highest BCUT2D eigenvalue weighted by Gasteiger charge is 2.37. The first-order chi connectivity index (χ1) is 18.2. The molecule has 3 saturated heterocycles. The van der Waals surface area contributed by atoms with Crippen LogP contribution in [0.5, 0.6) is 5.88 Å². The van der Waals surface area contributed by atoms with Gasteiger partial charge < -0.3 is 30.9 Å². The van der Waals surface area contributed by atoms with E-state index in [1.807, 2.05) is 37.1 Å². The molecule has 4 heterocycles. The van der Waals surface area contributed by atoms with Crippen molar-refractivity contribution in [1.29, 1.82) is 0 Å². The van der Waals surface area contributed by atoms with E-state index >= 15 is 0 Å². The number of likely N-dealkylation sites (tertiary alicyclic amines) is 2. The third-order valence-corrected chi connectivity index (χ3v) is 8.43. The molecule has 0 spiro atoms. The number of hydrogen-bond donors (Lipinski definition) is 2. The maximum atomic E-state index is 12.4. The third kappa shape index (κ3) is 6.95. The van der Waals surface area contributed by atoms with Gasteiger partial charge in [0.05, 0.1) is 24.5 Å². The summed E-state index contributed by atoms with van der Waals surface area (Å²) in [7, 11) is 0. The van der Waals surface area contributed by atoms with Crippen molar-refractivity contribution in [2.75, 3.05) is 44.2 Å². The predicted octanol–water partition coefficient (Wildman–Crippen LogP) is 2.86. The molecule has 1 aromatic rings. The number of pyridine rings is 1. The van der Waals surface area contributed by atoms with Crippen molar-refractivity contribution < 1.29 is 14.3 Å². The molecule has 0 aromatic carbocycles. The van der Waals surface area contributed by atoms with E-state index in [2.05, 4.69) is 21.8 Å². The van der Waals surface area contributed by atoms with Crippen LogP contribution in [0.2, 0.25) is 0 Å². The van der Waals surface area contributed by atoms with Gasteiger partial charge in [0.1, 0.15) is 5.84 Å². The number of carbonyl (C=O) groups is 2. The second-order valence-electron chi connectivity index (χ2n) is 11.4. The van der Waals surface area contributed by atoms with Crippen molar-refractivity contribution in [2.24, 2.45) is 34.2 Å². The molecule has 3 fully saturated rings. The number of nitrogens with two attached hydrogens (primary N) is 2. The monoisotopic (exact) mass is 527 g/mol. The molecule has 3 aliphatic rings. The predicted molar refractivity (Wildman–Crippen MR) is 149 cm³/mol. The van der Waals surface area contributed by atoms with Crippen molar-refractivity contribution in [1.82, 2.24) is 14.8 Å². The Morgan fingerprint density at radius 2 is 1.92 bits per heavy atom. The van der Waals surface area contributed by atoms with E-state index in [0.29, 0.717) is 36.6 Å². The molecule has 3 amide bonds. The van der Waals surface area contributed by atoms with E-state index < -0.39 is 0 Å². The van der Waals surface area contributed by atoms with Crippen molar-refractivity contribution in [3.63, 3.8) is 0 Å². The maximum absolute atomic E-state index is 12.4. The fraction of sp³-hybridized carbons (Fsp3) is 0.714. The van der Waals surface area contributed by atoms with E-state index in [9.17, 15) is 9.59 Å². The number of aliphatic imine (C=N–C) groups is 1. The van der Waals surface area contributed by atoms with Crippen LogP contribution in [0, 0.1) is 17.8 Å². The second-order valence-corrected chi connectivity index (χ2v) is 11.4. The van der Waals surface area contributed by atoms with Crippen LogP contribution in [0.4, 0.5) is 10.5 Å². The van der Waals surface area contributed by atoms with E-state index in [1.54, 1.807) is 4.90 Å². The zero-order chi connectivity index (χ0) is 27.2. The Balaban J connectivity index is 1.18. The highest BCUT2D eigenvalue weighted by atomic mass is 16.5. The van der Waals surface area contributed by atoms with Crippen LogP contribution >= 0.6 is 0 Å². The number of rotatable bonds is 8. The maximum Gasteiger partial charge on any atom is 0.345 e. The Bertz CT molecular complexity index is 975. The normalized spacial score (nSPS) is 24.3. The number of carbonyl (C=O) groups excluding carboxylic acids is 2. The molecule has 0 bridgehead atoms. The first-order valence-electron chi connectivity index (χ1n) is 14.2. The minimum atomic E-state index is -0.216. The Morgan fingerprint density at radius 3 is 2.58 bits per heavy atom. The van der Waals surface area contributed by atoms with Gasteiger partial charge in [0.2, 0.25) is 11.8 Å². The number of ether oxygens (including phenoxy) is 1. The summed E-state index contributed by atoms with van der Waals surface area (Å²) in [5.41, 5.74) is 13.3. The van der Waals surface area contributed by atoms with Crippen molar-refractivity contribution in [3.8, 4) is 5.88 Å². The minimum absolute atomic E-state index is 0.0506. The summed E-state index contributed by atoms with van der Waals surface area (Å²) in [6, 6.07) is 3.74. The topological polar surface area (TPSA) is 130 Å². The van der Waals surface area contributed by atoms with E-state index in [1.165, 1.54) is 0 Å². The van der Waals surface area contributed by atoms with E-state index in [0.717, 1.165) is 70.5 Å². The van der Waals surface area contributed by atoms with Crippen LogP contribution in [0.25, 0.3) is 0 Å². The zero-order valence-electron chi connectivity index (χ0n) is 23.2. The number of piperidine rings is 2. The SMILES string of the molecule is CC(C)C(N)=NC(=O)N1CCC(C(C)CCOc2ccc(N3CC(N)C(N4CCCCC4=O)C3)cn2)CC1. The fourth-order valence-electron chi connectivity index (χ4n) is 5.73. The lowest BCUT2D eigenvalue weighted by Gasteiger charge is -2.34. The molecule has 0 radical (unpaired) electrons. The molecule has 3 atom stereocenters. The van der Waals surface area contributed by atoms with Crippen LogP contribution in [-0.2, 0) is 4.79 Å². The average molecular weight is 528 g/mol. The third-order valence-electron chi connectivity index (χ3n) is 8.43. The summed E-state index contributed by atoms with van der Waals surface area (Å²) >= 11 is 0. The molecule has 4 rings (SSSR count). The van der Waals surface area contributed by atoms with Gasteiger partial charge in [0, 0.05) is 57.2 Å². The second kappa shape index (κ2) is 12.8. The molecule has 38 heavy (non-hydrogen) atoms. The summed E-state index contributed by atoms with van der Waals surface area (Å²) in [5, 5.41) is 0. The number of hydrogen-bond acceptors (Lipinski definition) is 6. The Hall–Kier alpha value is -2.88. The fourth-order valence-corrected chi connectivity index (χ4v) is 5.73. The first kappa shape index (κ1) is 28.1. The van der Waals surface area contributed by atoms with Crippen molar-refractivity contribution in [3.05, 3.63) is 18.3 Å².